The van der Waals surface area contributed by atoms with Gasteiger partial charge in [0, 0.05) is 23.5 Å². The van der Waals surface area contributed by atoms with Crippen molar-refractivity contribution in [3.8, 4) is 23.1 Å². The molecule has 24 heavy (non-hydrogen) atoms. The molecule has 0 spiro atoms. The molecule has 0 aliphatic carbocycles. The van der Waals surface area contributed by atoms with Gasteiger partial charge < -0.3 is 4.74 Å². The van der Waals surface area contributed by atoms with Crippen LogP contribution in [-0.4, -0.2) is 38.0 Å². The molecule has 0 saturated carbocycles. The van der Waals surface area contributed by atoms with Gasteiger partial charge in [0.2, 0.25) is 0 Å². The van der Waals surface area contributed by atoms with Gasteiger partial charge in [-0.05, 0) is 19.1 Å². The SMILES string of the molecule is CCOC(=O)c1n[nH]nc1-c1ccc(C#Cc2cncnc2)cc1. The molecule has 7 heteroatoms. The number of H-pyrrole nitrogens is 1. The van der Waals surface area contributed by atoms with Crippen molar-refractivity contribution in [3.63, 3.8) is 0 Å². The fourth-order valence-electron chi connectivity index (χ4n) is 1.99. The summed E-state index contributed by atoms with van der Waals surface area (Å²) in [5, 5.41) is 10.3. The van der Waals surface area contributed by atoms with Crippen molar-refractivity contribution in [1.82, 2.24) is 25.4 Å². The van der Waals surface area contributed by atoms with Crippen molar-refractivity contribution in [1.29, 1.82) is 0 Å². The number of rotatable bonds is 3. The Morgan fingerprint density at radius 1 is 1.08 bits per heavy atom. The van der Waals surface area contributed by atoms with Crippen LogP contribution in [0, 0.1) is 11.8 Å². The number of benzene rings is 1. The minimum Gasteiger partial charge on any atom is -0.461 e. The number of hydrogen-bond acceptors (Lipinski definition) is 6. The Kier molecular flexibility index (Phi) is 4.58. The van der Waals surface area contributed by atoms with Gasteiger partial charge in [-0.15, -0.1) is 5.10 Å². The van der Waals surface area contributed by atoms with E-state index < -0.39 is 5.97 Å². The summed E-state index contributed by atoms with van der Waals surface area (Å²) in [6.07, 6.45) is 4.75. The van der Waals surface area contributed by atoms with E-state index in [4.69, 9.17) is 4.74 Å². The van der Waals surface area contributed by atoms with E-state index in [9.17, 15) is 4.79 Å². The quantitative estimate of drug-likeness (QED) is 0.585. The number of nitrogens with zero attached hydrogens (tertiary/aromatic N) is 4. The Hall–Kier alpha value is -3.53. The molecule has 0 fully saturated rings. The van der Waals surface area contributed by atoms with Gasteiger partial charge in [-0.2, -0.15) is 10.3 Å². The number of hydrogen-bond donors (Lipinski definition) is 1. The van der Waals surface area contributed by atoms with Crippen molar-refractivity contribution in [2.45, 2.75) is 6.92 Å². The molecule has 0 amide bonds. The second-order valence-electron chi connectivity index (χ2n) is 4.70. The summed E-state index contributed by atoms with van der Waals surface area (Å²) >= 11 is 0. The molecule has 1 aromatic carbocycles. The summed E-state index contributed by atoms with van der Waals surface area (Å²) in [6, 6.07) is 7.34. The third-order valence-electron chi connectivity index (χ3n) is 3.09. The molecule has 1 N–H and O–H groups in total. The second kappa shape index (κ2) is 7.15. The lowest BCUT2D eigenvalue weighted by Crippen LogP contribution is -2.06. The number of carbonyl (C=O) groups is 1. The molecule has 118 valence electrons. The summed E-state index contributed by atoms with van der Waals surface area (Å²) in [4.78, 5) is 19.7. The lowest BCUT2D eigenvalue weighted by Gasteiger charge is -2.01. The zero-order valence-corrected chi connectivity index (χ0v) is 12.9. The molecule has 0 unspecified atom stereocenters. The fourth-order valence-corrected chi connectivity index (χ4v) is 1.99. The number of ether oxygens (including phenoxy) is 1. The highest BCUT2D eigenvalue weighted by Gasteiger charge is 2.18. The third-order valence-corrected chi connectivity index (χ3v) is 3.09. The van der Waals surface area contributed by atoms with Gasteiger partial charge in [-0.1, -0.05) is 24.0 Å². The molecule has 0 bridgehead atoms. The Morgan fingerprint density at radius 3 is 2.50 bits per heavy atom. The van der Waals surface area contributed by atoms with E-state index in [1.807, 2.05) is 24.3 Å². The fraction of sp³-hybridized carbons (Fsp3) is 0.118. The lowest BCUT2D eigenvalue weighted by atomic mass is 10.1. The highest BCUT2D eigenvalue weighted by Crippen LogP contribution is 2.20. The molecule has 0 atom stereocenters. The van der Waals surface area contributed by atoms with E-state index in [1.54, 1.807) is 19.3 Å². The number of esters is 1. The number of nitrogens with one attached hydrogen (secondary N) is 1. The van der Waals surface area contributed by atoms with E-state index in [1.165, 1.54) is 6.33 Å². The van der Waals surface area contributed by atoms with Gasteiger partial charge in [0.1, 0.15) is 12.0 Å². The van der Waals surface area contributed by atoms with Crippen LogP contribution in [0.3, 0.4) is 0 Å². The lowest BCUT2D eigenvalue weighted by molar-refractivity contribution is 0.0520. The molecule has 3 aromatic rings. The molecular weight excluding hydrogens is 306 g/mol. The molecular formula is C17H13N5O2. The maximum atomic E-state index is 11.8. The Labute approximate surface area is 138 Å². The van der Waals surface area contributed by atoms with Crippen LogP contribution in [0.15, 0.2) is 43.0 Å². The topological polar surface area (TPSA) is 93.7 Å². The van der Waals surface area contributed by atoms with Gasteiger partial charge in [0.25, 0.3) is 0 Å². The zero-order chi connectivity index (χ0) is 16.8. The molecule has 0 aliphatic rings. The van der Waals surface area contributed by atoms with E-state index >= 15 is 0 Å². The molecule has 2 aromatic heterocycles. The predicted molar refractivity (Wildman–Crippen MR) is 85.8 cm³/mol. The highest BCUT2D eigenvalue weighted by atomic mass is 16.5. The van der Waals surface area contributed by atoms with Crippen molar-refractivity contribution < 1.29 is 9.53 Å². The normalized spacial score (nSPS) is 9.88. The first kappa shape index (κ1) is 15.4. The summed E-state index contributed by atoms with van der Waals surface area (Å²) in [5.74, 6) is 5.50. The predicted octanol–water partition coefficient (Wildman–Crippen LogP) is 1.84. The summed E-state index contributed by atoms with van der Waals surface area (Å²) in [7, 11) is 0. The molecule has 0 radical (unpaired) electrons. The van der Waals surface area contributed by atoms with Crippen LogP contribution in [0.25, 0.3) is 11.3 Å². The second-order valence-corrected chi connectivity index (χ2v) is 4.70. The number of aromatic nitrogens is 5. The van der Waals surface area contributed by atoms with E-state index in [-0.39, 0.29) is 12.3 Å². The first-order valence-corrected chi connectivity index (χ1v) is 7.23. The van der Waals surface area contributed by atoms with E-state index in [0.717, 1.165) is 16.7 Å². The van der Waals surface area contributed by atoms with Gasteiger partial charge in [0.15, 0.2) is 5.69 Å². The molecule has 7 nitrogen and oxygen atoms in total. The van der Waals surface area contributed by atoms with Crippen LogP contribution in [0.4, 0.5) is 0 Å². The maximum absolute atomic E-state index is 11.8. The van der Waals surface area contributed by atoms with Crippen molar-refractivity contribution in [2.24, 2.45) is 0 Å². The standard InChI is InChI=1S/C17H13N5O2/c1-2-24-17(23)16-15(20-22-21-16)14-7-5-12(6-8-14)3-4-13-9-18-11-19-10-13/h5-11H,2H2,1H3,(H,20,21,22). The van der Waals surface area contributed by atoms with Crippen molar-refractivity contribution >= 4 is 5.97 Å². The van der Waals surface area contributed by atoms with Crippen molar-refractivity contribution in [2.75, 3.05) is 6.61 Å². The molecule has 3 rings (SSSR count). The van der Waals surface area contributed by atoms with Gasteiger partial charge in [-0.3, -0.25) is 0 Å². The van der Waals surface area contributed by atoms with Crippen LogP contribution in [-0.2, 0) is 4.74 Å². The summed E-state index contributed by atoms with van der Waals surface area (Å²) < 4.78 is 4.96. The highest BCUT2D eigenvalue weighted by molar-refractivity contribution is 5.93. The largest absolute Gasteiger partial charge is 0.461 e. The molecule has 0 aliphatic heterocycles. The molecule has 2 heterocycles. The Morgan fingerprint density at radius 2 is 1.79 bits per heavy atom. The first-order valence-electron chi connectivity index (χ1n) is 7.23. The van der Waals surface area contributed by atoms with Crippen LogP contribution in [0.5, 0.6) is 0 Å². The Bertz CT molecular complexity index is 892. The van der Waals surface area contributed by atoms with Crippen LogP contribution >= 0.6 is 0 Å². The van der Waals surface area contributed by atoms with Gasteiger partial charge in [0.05, 0.1) is 12.2 Å². The third kappa shape index (κ3) is 3.44. The minimum absolute atomic E-state index is 0.164. The van der Waals surface area contributed by atoms with Crippen LogP contribution in [0.1, 0.15) is 28.5 Å². The smallest absolute Gasteiger partial charge is 0.361 e. The average molecular weight is 319 g/mol. The van der Waals surface area contributed by atoms with Gasteiger partial charge in [-0.25, -0.2) is 14.8 Å². The summed E-state index contributed by atoms with van der Waals surface area (Å²) in [5.41, 5.74) is 2.92. The van der Waals surface area contributed by atoms with E-state index in [0.29, 0.717) is 5.69 Å². The van der Waals surface area contributed by atoms with Crippen LogP contribution in [0.2, 0.25) is 0 Å². The summed E-state index contributed by atoms with van der Waals surface area (Å²) in [6.45, 7) is 2.02. The van der Waals surface area contributed by atoms with Gasteiger partial charge >= 0.3 is 5.97 Å². The molecule has 0 saturated heterocycles. The average Bonchev–Trinajstić information content (AvgIpc) is 3.11. The minimum atomic E-state index is -0.505. The monoisotopic (exact) mass is 319 g/mol. The maximum Gasteiger partial charge on any atom is 0.361 e. The number of aromatic amines is 1. The number of carbonyl (C=O) groups excluding carboxylic acids is 1. The van der Waals surface area contributed by atoms with Crippen molar-refractivity contribution in [3.05, 3.63) is 59.8 Å². The van der Waals surface area contributed by atoms with Crippen LogP contribution < -0.4 is 0 Å². The first-order chi connectivity index (χ1) is 11.8. The Balaban J connectivity index is 1.82. The van der Waals surface area contributed by atoms with E-state index in [2.05, 4.69) is 37.2 Å². The zero-order valence-electron chi connectivity index (χ0n) is 12.9.